The second kappa shape index (κ2) is 7.80. The second-order valence-corrected chi connectivity index (χ2v) is 7.07. The lowest BCUT2D eigenvalue weighted by Gasteiger charge is -2.32. The molecule has 0 radical (unpaired) electrons. The fourth-order valence-electron chi connectivity index (χ4n) is 3.50. The third-order valence-corrected chi connectivity index (χ3v) is 4.76. The summed E-state index contributed by atoms with van der Waals surface area (Å²) in [6.45, 7) is 5.09. The standard InChI is InChI=1S/C21H23N5O2/c1-15-12-16(2)24-21(23-15)28-19-8-4-10-25(14-19)20(27)17-6-3-7-18(13-17)26-11-5-9-22-26/h3,5-7,9,11-13,19H,4,8,10,14H2,1-2H3/t19-/m0/s1. The zero-order valence-electron chi connectivity index (χ0n) is 16.1. The molecule has 1 aromatic carbocycles. The number of benzene rings is 1. The van der Waals surface area contributed by atoms with Crippen LogP contribution in [0.1, 0.15) is 34.6 Å². The van der Waals surface area contributed by atoms with Gasteiger partial charge in [-0.25, -0.2) is 14.6 Å². The van der Waals surface area contributed by atoms with Crippen molar-refractivity contribution in [2.75, 3.05) is 13.1 Å². The number of carbonyl (C=O) groups is 1. The van der Waals surface area contributed by atoms with E-state index in [1.54, 1.807) is 10.9 Å². The SMILES string of the molecule is Cc1cc(C)nc(O[C@H]2CCCN(C(=O)c3cccc(-n4cccn4)c3)C2)n1. The third-order valence-electron chi connectivity index (χ3n) is 4.76. The van der Waals surface area contributed by atoms with E-state index >= 15 is 0 Å². The van der Waals surface area contributed by atoms with Gasteiger partial charge in [0, 0.05) is 35.9 Å². The van der Waals surface area contributed by atoms with Gasteiger partial charge in [-0.2, -0.15) is 5.10 Å². The topological polar surface area (TPSA) is 73.1 Å². The molecule has 2 aromatic heterocycles. The molecule has 3 heterocycles. The third kappa shape index (κ3) is 4.03. The lowest BCUT2D eigenvalue weighted by Crippen LogP contribution is -2.44. The Hall–Kier alpha value is -3.22. The van der Waals surface area contributed by atoms with E-state index in [-0.39, 0.29) is 12.0 Å². The summed E-state index contributed by atoms with van der Waals surface area (Å²) in [6.07, 6.45) is 5.25. The van der Waals surface area contributed by atoms with Gasteiger partial charge in [0.05, 0.1) is 12.2 Å². The van der Waals surface area contributed by atoms with Gasteiger partial charge in [-0.3, -0.25) is 4.79 Å². The Kier molecular flexibility index (Phi) is 5.06. The number of aryl methyl sites for hydroxylation is 2. The molecule has 1 aliphatic heterocycles. The van der Waals surface area contributed by atoms with Crippen molar-refractivity contribution in [1.29, 1.82) is 0 Å². The highest BCUT2D eigenvalue weighted by molar-refractivity contribution is 5.94. The molecule has 7 nitrogen and oxygen atoms in total. The molecule has 1 amide bonds. The molecule has 1 atom stereocenters. The first-order valence-electron chi connectivity index (χ1n) is 9.47. The Morgan fingerprint density at radius 2 is 1.96 bits per heavy atom. The number of ether oxygens (including phenoxy) is 1. The van der Waals surface area contributed by atoms with Crippen LogP contribution in [-0.2, 0) is 0 Å². The maximum atomic E-state index is 13.0. The van der Waals surface area contributed by atoms with Crippen LogP contribution < -0.4 is 4.74 Å². The maximum Gasteiger partial charge on any atom is 0.317 e. The van der Waals surface area contributed by atoms with E-state index in [1.807, 2.05) is 61.3 Å². The van der Waals surface area contributed by atoms with E-state index in [0.717, 1.165) is 36.5 Å². The fourth-order valence-corrected chi connectivity index (χ4v) is 3.50. The molecule has 4 rings (SSSR count). The van der Waals surface area contributed by atoms with E-state index in [1.165, 1.54) is 0 Å². The summed E-state index contributed by atoms with van der Waals surface area (Å²) in [7, 11) is 0. The van der Waals surface area contributed by atoms with Crippen LogP contribution in [0.4, 0.5) is 0 Å². The number of hydrogen-bond donors (Lipinski definition) is 0. The van der Waals surface area contributed by atoms with E-state index in [9.17, 15) is 4.79 Å². The van der Waals surface area contributed by atoms with Crippen LogP contribution in [0.15, 0.2) is 48.8 Å². The zero-order chi connectivity index (χ0) is 19.5. The van der Waals surface area contributed by atoms with Crippen LogP contribution in [0.2, 0.25) is 0 Å². The van der Waals surface area contributed by atoms with Crippen LogP contribution in [0, 0.1) is 13.8 Å². The predicted molar refractivity (Wildman–Crippen MR) is 105 cm³/mol. The van der Waals surface area contributed by atoms with Crippen LogP contribution >= 0.6 is 0 Å². The van der Waals surface area contributed by atoms with Gasteiger partial charge in [0.1, 0.15) is 6.10 Å². The highest BCUT2D eigenvalue weighted by Gasteiger charge is 2.26. The minimum atomic E-state index is -0.104. The van der Waals surface area contributed by atoms with Crippen molar-refractivity contribution >= 4 is 5.91 Å². The summed E-state index contributed by atoms with van der Waals surface area (Å²) >= 11 is 0. The minimum Gasteiger partial charge on any atom is -0.458 e. The van der Waals surface area contributed by atoms with Crippen molar-refractivity contribution in [2.24, 2.45) is 0 Å². The second-order valence-electron chi connectivity index (χ2n) is 7.07. The molecular formula is C21H23N5O2. The minimum absolute atomic E-state index is 0.00338. The number of aromatic nitrogens is 4. The number of nitrogens with zero attached hydrogens (tertiary/aromatic N) is 5. The van der Waals surface area contributed by atoms with Gasteiger partial charge in [-0.1, -0.05) is 6.07 Å². The fraction of sp³-hybridized carbons (Fsp3) is 0.333. The molecule has 144 valence electrons. The summed E-state index contributed by atoms with van der Waals surface area (Å²) in [5.74, 6) is 0.00338. The summed E-state index contributed by atoms with van der Waals surface area (Å²) in [4.78, 5) is 23.6. The average Bonchev–Trinajstić information content (AvgIpc) is 3.22. The van der Waals surface area contributed by atoms with Crippen molar-refractivity contribution < 1.29 is 9.53 Å². The molecule has 0 N–H and O–H groups in total. The Morgan fingerprint density at radius 3 is 2.71 bits per heavy atom. The Morgan fingerprint density at radius 1 is 1.14 bits per heavy atom. The van der Waals surface area contributed by atoms with Gasteiger partial charge >= 0.3 is 6.01 Å². The predicted octanol–water partition coefficient (Wildman–Crippen LogP) is 2.96. The first-order chi connectivity index (χ1) is 13.6. The van der Waals surface area contributed by atoms with Crippen molar-refractivity contribution in [1.82, 2.24) is 24.6 Å². The van der Waals surface area contributed by atoms with Crippen molar-refractivity contribution in [3.05, 3.63) is 65.7 Å². The quantitative estimate of drug-likeness (QED) is 0.699. The van der Waals surface area contributed by atoms with Crippen LogP contribution in [0.25, 0.3) is 5.69 Å². The molecule has 0 aliphatic carbocycles. The molecule has 0 unspecified atom stereocenters. The number of hydrogen-bond acceptors (Lipinski definition) is 5. The van der Waals surface area contributed by atoms with Gasteiger partial charge < -0.3 is 9.64 Å². The molecule has 3 aromatic rings. The first kappa shape index (κ1) is 18.2. The normalized spacial score (nSPS) is 16.8. The molecule has 1 aliphatic rings. The number of carbonyl (C=O) groups excluding carboxylic acids is 1. The van der Waals surface area contributed by atoms with Crippen molar-refractivity contribution in [3.8, 4) is 11.7 Å². The summed E-state index contributed by atoms with van der Waals surface area (Å²) in [5.41, 5.74) is 3.27. The number of rotatable bonds is 4. The monoisotopic (exact) mass is 377 g/mol. The smallest absolute Gasteiger partial charge is 0.317 e. The molecule has 28 heavy (non-hydrogen) atoms. The zero-order valence-corrected chi connectivity index (χ0v) is 16.1. The van der Waals surface area contributed by atoms with E-state index in [2.05, 4.69) is 15.1 Å². The Labute approximate surface area is 164 Å². The summed E-state index contributed by atoms with van der Waals surface area (Å²) < 4.78 is 7.73. The summed E-state index contributed by atoms with van der Waals surface area (Å²) in [6, 6.07) is 11.7. The molecule has 0 bridgehead atoms. The highest BCUT2D eigenvalue weighted by atomic mass is 16.5. The van der Waals surface area contributed by atoms with E-state index in [0.29, 0.717) is 18.1 Å². The van der Waals surface area contributed by atoms with Gasteiger partial charge in [0.15, 0.2) is 0 Å². The molecule has 0 spiro atoms. The summed E-state index contributed by atoms with van der Waals surface area (Å²) in [5, 5.41) is 4.23. The maximum absolute atomic E-state index is 13.0. The Bertz CT molecular complexity index is 950. The highest BCUT2D eigenvalue weighted by Crippen LogP contribution is 2.19. The lowest BCUT2D eigenvalue weighted by molar-refractivity contribution is 0.0515. The number of piperidine rings is 1. The van der Waals surface area contributed by atoms with Crippen molar-refractivity contribution in [2.45, 2.75) is 32.8 Å². The number of amides is 1. The van der Waals surface area contributed by atoms with Crippen molar-refractivity contribution in [3.63, 3.8) is 0 Å². The molecular weight excluding hydrogens is 354 g/mol. The average molecular weight is 377 g/mol. The molecule has 1 saturated heterocycles. The first-order valence-corrected chi connectivity index (χ1v) is 9.47. The van der Waals surface area contributed by atoms with Gasteiger partial charge in [-0.15, -0.1) is 0 Å². The van der Waals surface area contributed by atoms with Crippen LogP contribution in [-0.4, -0.2) is 49.7 Å². The van der Waals surface area contributed by atoms with Crippen LogP contribution in [0.3, 0.4) is 0 Å². The Balaban J connectivity index is 1.47. The van der Waals surface area contributed by atoms with Gasteiger partial charge in [0.2, 0.25) is 0 Å². The van der Waals surface area contributed by atoms with Crippen LogP contribution in [0.5, 0.6) is 6.01 Å². The van der Waals surface area contributed by atoms with Gasteiger partial charge in [0.25, 0.3) is 5.91 Å². The van der Waals surface area contributed by atoms with E-state index < -0.39 is 0 Å². The molecule has 0 saturated carbocycles. The van der Waals surface area contributed by atoms with Gasteiger partial charge in [-0.05, 0) is 57.0 Å². The molecule has 7 heteroatoms. The largest absolute Gasteiger partial charge is 0.458 e. The lowest BCUT2D eigenvalue weighted by atomic mass is 10.1. The molecule has 1 fully saturated rings. The van der Waals surface area contributed by atoms with E-state index in [4.69, 9.17) is 4.74 Å². The number of likely N-dealkylation sites (tertiary alicyclic amines) is 1.